The highest BCUT2D eigenvalue weighted by Crippen LogP contribution is 2.41. The van der Waals surface area contributed by atoms with E-state index < -0.39 is 29.2 Å². The first kappa shape index (κ1) is 19.8. The van der Waals surface area contributed by atoms with Gasteiger partial charge in [0.25, 0.3) is 5.91 Å². The van der Waals surface area contributed by atoms with E-state index in [0.29, 0.717) is 17.1 Å². The highest BCUT2D eigenvalue weighted by Gasteiger charge is 2.52. The van der Waals surface area contributed by atoms with E-state index in [1.165, 1.54) is 50.8 Å². The number of hydrogen-bond donors (Lipinski definition) is 1. The number of β-lactam (4-membered cyclic amide) rings is 1. The van der Waals surface area contributed by atoms with Gasteiger partial charge in [-0.05, 0) is 22.9 Å². The van der Waals surface area contributed by atoms with Gasteiger partial charge in [-0.15, -0.1) is 27.1 Å². The number of nitrogens with one attached hydrogen (secondary N) is 1. The molecule has 15 heteroatoms. The lowest BCUT2D eigenvalue weighted by Crippen LogP contribution is -2.71. The lowest BCUT2D eigenvalue weighted by molar-refractivity contribution is -0.301. The third kappa shape index (κ3) is 3.97. The van der Waals surface area contributed by atoms with Crippen molar-refractivity contribution in [3.8, 4) is 0 Å². The van der Waals surface area contributed by atoms with E-state index in [0.717, 1.165) is 9.35 Å². The van der Waals surface area contributed by atoms with Crippen LogP contribution in [0.15, 0.2) is 21.9 Å². The van der Waals surface area contributed by atoms with E-state index in [1.54, 1.807) is 0 Å². The molecule has 2 amide bonds. The maximum Gasteiger partial charge on any atom is 0.253 e. The van der Waals surface area contributed by atoms with Crippen LogP contribution in [0.1, 0.15) is 5.01 Å². The zero-order valence-electron chi connectivity index (χ0n) is 14.8. The summed E-state index contributed by atoms with van der Waals surface area (Å²) in [5.41, 5.74) is 0.453. The Morgan fingerprint density at radius 3 is 2.90 bits per heavy atom. The fraction of sp³-hybridized carbons (Fsp3) is 0.429. The molecule has 2 aliphatic rings. The van der Waals surface area contributed by atoms with Crippen molar-refractivity contribution >= 4 is 52.6 Å². The van der Waals surface area contributed by atoms with Gasteiger partial charge in [-0.25, -0.2) is 4.68 Å². The first-order valence-electron chi connectivity index (χ1n) is 8.25. The molecule has 0 aliphatic carbocycles. The topological polar surface area (TPSA) is 159 Å². The fourth-order valence-corrected chi connectivity index (χ4v) is 6.19. The van der Waals surface area contributed by atoms with E-state index in [4.69, 9.17) is 0 Å². The standard InChI is InChI=1S/C14H14N8O4S3/c1-6-17-18-14(29-6)28-4-7-3-27-12-9(11(24)22(12)10(7)13(25)26)16-8(23)2-21-5-15-19-20-21/h5,9,12H,2-4H2,1H3,(H,16,23)(H,25,26)/p-1/t9?,12-/m1/s1. The molecule has 1 N–H and O–H groups in total. The van der Waals surface area contributed by atoms with Crippen molar-refractivity contribution in [3.63, 3.8) is 0 Å². The average Bonchev–Trinajstić information content (AvgIpc) is 3.35. The summed E-state index contributed by atoms with van der Waals surface area (Å²) < 4.78 is 1.95. The molecule has 0 aromatic carbocycles. The van der Waals surface area contributed by atoms with Gasteiger partial charge in [0.2, 0.25) is 5.91 Å². The van der Waals surface area contributed by atoms with Gasteiger partial charge < -0.3 is 15.2 Å². The van der Waals surface area contributed by atoms with Crippen molar-refractivity contribution in [2.24, 2.45) is 0 Å². The molecule has 2 atom stereocenters. The summed E-state index contributed by atoms with van der Waals surface area (Å²) in [5.74, 6) is -1.57. The van der Waals surface area contributed by atoms with E-state index in [1.807, 2.05) is 6.92 Å². The predicted octanol–water partition coefficient (Wildman–Crippen LogP) is -1.97. The number of amides is 2. The van der Waals surface area contributed by atoms with Gasteiger partial charge in [0, 0.05) is 11.5 Å². The van der Waals surface area contributed by atoms with Gasteiger partial charge in [-0.1, -0.05) is 23.1 Å². The highest BCUT2D eigenvalue weighted by molar-refractivity contribution is 8.01. The van der Waals surface area contributed by atoms with Crippen LogP contribution in [0.25, 0.3) is 0 Å². The molecule has 29 heavy (non-hydrogen) atoms. The number of carbonyl (C=O) groups is 3. The van der Waals surface area contributed by atoms with Gasteiger partial charge in [0.15, 0.2) is 4.34 Å². The molecule has 1 saturated heterocycles. The second kappa shape index (κ2) is 8.08. The Bertz CT molecular complexity index is 991. The molecule has 0 saturated carbocycles. The van der Waals surface area contributed by atoms with Crippen LogP contribution in [-0.4, -0.2) is 76.0 Å². The molecule has 4 heterocycles. The van der Waals surface area contributed by atoms with E-state index in [2.05, 4.69) is 31.0 Å². The Morgan fingerprint density at radius 2 is 2.24 bits per heavy atom. The predicted molar refractivity (Wildman–Crippen MR) is 100 cm³/mol. The van der Waals surface area contributed by atoms with Crippen molar-refractivity contribution in [2.45, 2.75) is 29.2 Å². The number of carbonyl (C=O) groups excluding carboxylic acids is 3. The summed E-state index contributed by atoms with van der Waals surface area (Å²) in [6.45, 7) is 1.70. The Labute approximate surface area is 176 Å². The Balaban J connectivity index is 1.44. The number of rotatable bonds is 7. The molecule has 2 aromatic rings. The smallest absolute Gasteiger partial charge is 0.253 e. The molecule has 152 valence electrons. The molecule has 0 radical (unpaired) electrons. The molecular formula is C14H13N8O4S3-. The van der Waals surface area contributed by atoms with Gasteiger partial charge in [0.05, 0.1) is 11.7 Å². The summed E-state index contributed by atoms with van der Waals surface area (Å²) in [6.07, 6.45) is 1.28. The number of aromatic nitrogens is 6. The molecule has 2 aromatic heterocycles. The van der Waals surface area contributed by atoms with Gasteiger partial charge in [0.1, 0.15) is 29.3 Å². The summed E-state index contributed by atoms with van der Waals surface area (Å²) in [6, 6.07) is -0.807. The molecule has 1 unspecified atom stereocenters. The van der Waals surface area contributed by atoms with Crippen molar-refractivity contribution in [2.75, 3.05) is 11.5 Å². The Hall–Kier alpha value is -2.52. The number of hydrogen-bond acceptors (Lipinski definition) is 12. The van der Waals surface area contributed by atoms with Crippen LogP contribution >= 0.6 is 34.9 Å². The molecule has 4 rings (SSSR count). The van der Waals surface area contributed by atoms with Crippen LogP contribution in [0.3, 0.4) is 0 Å². The largest absolute Gasteiger partial charge is 0.543 e. The number of carboxylic acids is 1. The molecule has 0 bridgehead atoms. The third-order valence-corrected chi connectivity index (χ3v) is 7.53. The molecular weight excluding hydrogens is 440 g/mol. The SMILES string of the molecule is Cc1nnc(SCC2=C(C(=O)[O-])N3C(=O)C(NC(=O)Cn4cnnn4)[C@H]3SC2)s1. The maximum atomic E-state index is 12.6. The highest BCUT2D eigenvalue weighted by atomic mass is 32.2. The Kier molecular flexibility index (Phi) is 5.51. The second-order valence-corrected chi connectivity index (χ2v) is 9.59. The van der Waals surface area contributed by atoms with Crippen LogP contribution < -0.4 is 10.4 Å². The summed E-state index contributed by atoms with van der Waals surface area (Å²) in [5, 5.41) is 33.1. The van der Waals surface area contributed by atoms with Gasteiger partial charge in [-0.2, -0.15) is 0 Å². The van der Waals surface area contributed by atoms with Gasteiger partial charge >= 0.3 is 0 Å². The van der Waals surface area contributed by atoms with E-state index >= 15 is 0 Å². The van der Waals surface area contributed by atoms with Gasteiger partial charge in [-0.3, -0.25) is 14.5 Å². The van der Waals surface area contributed by atoms with Crippen LogP contribution in [-0.2, 0) is 20.9 Å². The number of carboxylic acid groups (broad SMARTS) is 1. The van der Waals surface area contributed by atoms with E-state index in [-0.39, 0.29) is 12.2 Å². The first-order valence-corrected chi connectivity index (χ1v) is 11.1. The molecule has 0 spiro atoms. The average molecular weight is 454 g/mol. The number of tetrazole rings is 1. The van der Waals surface area contributed by atoms with Crippen LogP contribution in [0, 0.1) is 6.92 Å². The quantitative estimate of drug-likeness (QED) is 0.366. The first-order chi connectivity index (χ1) is 13.9. The number of thioether (sulfide) groups is 2. The second-order valence-electron chi connectivity index (χ2n) is 6.08. The normalized spacial score (nSPS) is 21.0. The number of aliphatic carboxylic acids is 1. The van der Waals surface area contributed by atoms with Crippen LogP contribution in [0.4, 0.5) is 0 Å². The van der Waals surface area contributed by atoms with Crippen LogP contribution in [0.2, 0.25) is 0 Å². The number of nitrogens with zero attached hydrogens (tertiary/aromatic N) is 7. The van der Waals surface area contributed by atoms with Crippen LogP contribution in [0.5, 0.6) is 0 Å². The third-order valence-electron chi connectivity index (χ3n) is 4.13. The summed E-state index contributed by atoms with van der Waals surface area (Å²) >= 11 is 4.17. The fourth-order valence-electron chi connectivity index (χ4n) is 2.89. The lowest BCUT2D eigenvalue weighted by Gasteiger charge is -2.50. The van der Waals surface area contributed by atoms with Crippen molar-refractivity contribution in [1.82, 2.24) is 40.6 Å². The zero-order valence-corrected chi connectivity index (χ0v) is 17.3. The monoisotopic (exact) mass is 453 g/mol. The molecule has 1 fully saturated rings. The molecule has 2 aliphatic heterocycles. The summed E-state index contributed by atoms with van der Waals surface area (Å²) in [4.78, 5) is 37.6. The minimum atomic E-state index is -1.41. The Morgan fingerprint density at radius 1 is 1.41 bits per heavy atom. The minimum Gasteiger partial charge on any atom is -0.543 e. The van der Waals surface area contributed by atoms with E-state index in [9.17, 15) is 19.5 Å². The molecule has 12 nitrogen and oxygen atoms in total. The summed E-state index contributed by atoms with van der Waals surface area (Å²) in [7, 11) is 0. The minimum absolute atomic E-state index is 0.126. The number of aryl methyl sites for hydroxylation is 1. The number of fused-ring (bicyclic) bond motifs is 1. The maximum absolute atomic E-state index is 12.6. The van der Waals surface area contributed by atoms with Crippen molar-refractivity contribution < 1.29 is 19.5 Å². The lowest BCUT2D eigenvalue weighted by atomic mass is 10.0. The zero-order chi connectivity index (χ0) is 20.5. The van der Waals surface area contributed by atoms with Crippen molar-refractivity contribution in [3.05, 3.63) is 22.6 Å². The van der Waals surface area contributed by atoms with Crippen molar-refractivity contribution in [1.29, 1.82) is 0 Å².